The number of nitrogens with zero attached hydrogens (tertiary/aromatic N) is 1. The second-order valence-corrected chi connectivity index (χ2v) is 3.90. The average Bonchev–Trinajstić information content (AvgIpc) is 2.98. The molecule has 7 heteroatoms. The Morgan fingerprint density at radius 1 is 1.47 bits per heavy atom. The Morgan fingerprint density at radius 2 is 2.29 bits per heavy atom. The van der Waals surface area contributed by atoms with E-state index in [1.807, 2.05) is 0 Å². The lowest BCUT2D eigenvalue weighted by Gasteiger charge is -2.02. The Labute approximate surface area is 100 Å². The highest BCUT2D eigenvalue weighted by Gasteiger charge is 2.17. The van der Waals surface area contributed by atoms with Crippen LogP contribution in [0.5, 0.6) is 0 Å². The maximum absolute atomic E-state index is 11.6. The van der Waals surface area contributed by atoms with Gasteiger partial charge in [0.2, 0.25) is 5.76 Å². The molecule has 2 aromatic rings. The molecule has 6 nitrogen and oxygen atoms in total. The van der Waals surface area contributed by atoms with E-state index in [-0.39, 0.29) is 5.76 Å². The SMILES string of the molecule is COC(=O)c1sccc1NC(=O)c1ccno1. The van der Waals surface area contributed by atoms with Crippen molar-refractivity contribution in [2.24, 2.45) is 0 Å². The molecule has 0 saturated heterocycles. The molecule has 88 valence electrons. The summed E-state index contributed by atoms with van der Waals surface area (Å²) in [6.07, 6.45) is 1.36. The van der Waals surface area contributed by atoms with E-state index in [0.717, 1.165) is 0 Å². The van der Waals surface area contributed by atoms with Gasteiger partial charge in [0.1, 0.15) is 4.88 Å². The molecule has 17 heavy (non-hydrogen) atoms. The Kier molecular flexibility index (Phi) is 3.20. The number of carbonyl (C=O) groups excluding carboxylic acids is 2. The van der Waals surface area contributed by atoms with Gasteiger partial charge in [-0.2, -0.15) is 0 Å². The molecule has 0 fully saturated rings. The molecule has 0 aliphatic heterocycles. The van der Waals surface area contributed by atoms with E-state index in [0.29, 0.717) is 10.6 Å². The molecule has 0 spiro atoms. The zero-order chi connectivity index (χ0) is 12.3. The molecule has 0 unspecified atom stereocenters. The minimum atomic E-state index is -0.493. The van der Waals surface area contributed by atoms with Crippen molar-refractivity contribution >= 4 is 28.9 Å². The Hall–Kier alpha value is -2.15. The Bertz CT molecular complexity index is 532. The molecule has 1 amide bonds. The van der Waals surface area contributed by atoms with E-state index >= 15 is 0 Å². The van der Waals surface area contributed by atoms with Crippen LogP contribution in [0.3, 0.4) is 0 Å². The molecule has 2 rings (SSSR count). The third kappa shape index (κ3) is 2.34. The molecule has 0 radical (unpaired) electrons. The number of amides is 1. The van der Waals surface area contributed by atoms with E-state index in [9.17, 15) is 9.59 Å². The van der Waals surface area contributed by atoms with Gasteiger partial charge in [0.15, 0.2) is 0 Å². The number of aromatic nitrogens is 1. The topological polar surface area (TPSA) is 81.4 Å². The summed E-state index contributed by atoms with van der Waals surface area (Å²) in [4.78, 5) is 23.3. The Balaban J connectivity index is 2.17. The van der Waals surface area contributed by atoms with Gasteiger partial charge in [-0.1, -0.05) is 5.16 Å². The number of carbonyl (C=O) groups is 2. The Morgan fingerprint density at radius 3 is 2.94 bits per heavy atom. The van der Waals surface area contributed by atoms with Crippen molar-refractivity contribution < 1.29 is 18.8 Å². The number of nitrogens with one attached hydrogen (secondary N) is 1. The van der Waals surface area contributed by atoms with Gasteiger partial charge < -0.3 is 14.6 Å². The molecule has 2 aromatic heterocycles. The minimum Gasteiger partial charge on any atom is -0.465 e. The molecule has 1 N–H and O–H groups in total. The second-order valence-electron chi connectivity index (χ2n) is 2.99. The number of hydrogen-bond donors (Lipinski definition) is 1. The molecular formula is C10H8N2O4S. The first kappa shape index (κ1) is 11.3. The lowest BCUT2D eigenvalue weighted by molar-refractivity contribution is 0.0607. The largest absolute Gasteiger partial charge is 0.465 e. The van der Waals surface area contributed by atoms with Gasteiger partial charge in [0.05, 0.1) is 19.0 Å². The number of thiophene rings is 1. The van der Waals surface area contributed by atoms with E-state index in [1.54, 1.807) is 11.4 Å². The summed E-state index contributed by atoms with van der Waals surface area (Å²) in [7, 11) is 1.28. The van der Waals surface area contributed by atoms with Crippen molar-refractivity contribution in [1.29, 1.82) is 0 Å². The zero-order valence-electron chi connectivity index (χ0n) is 8.80. The summed E-state index contributed by atoms with van der Waals surface area (Å²) in [6.45, 7) is 0. The molecule has 0 aliphatic carbocycles. The van der Waals surface area contributed by atoms with Crippen LogP contribution in [0.4, 0.5) is 5.69 Å². The predicted molar refractivity (Wildman–Crippen MR) is 60.1 cm³/mol. The van der Waals surface area contributed by atoms with Crippen molar-refractivity contribution in [2.45, 2.75) is 0 Å². The molecule has 0 bridgehead atoms. The highest BCUT2D eigenvalue weighted by molar-refractivity contribution is 7.12. The maximum Gasteiger partial charge on any atom is 0.350 e. The van der Waals surface area contributed by atoms with Crippen LogP contribution < -0.4 is 5.32 Å². The summed E-state index contributed by atoms with van der Waals surface area (Å²) in [6, 6.07) is 3.05. The van der Waals surface area contributed by atoms with Crippen molar-refractivity contribution in [3.05, 3.63) is 34.3 Å². The summed E-state index contributed by atoms with van der Waals surface area (Å²) in [5.74, 6) is -0.883. The van der Waals surface area contributed by atoms with Crippen LogP contribution in [0.1, 0.15) is 20.2 Å². The fourth-order valence-electron chi connectivity index (χ4n) is 1.18. The molecule has 0 atom stereocenters. The van der Waals surface area contributed by atoms with Crippen LogP contribution in [0.25, 0.3) is 0 Å². The summed E-state index contributed by atoms with van der Waals surface area (Å²) >= 11 is 1.19. The maximum atomic E-state index is 11.6. The van der Waals surface area contributed by atoms with Crippen molar-refractivity contribution in [1.82, 2.24) is 5.16 Å². The summed E-state index contributed by atoms with van der Waals surface area (Å²) in [5, 5.41) is 7.65. The van der Waals surface area contributed by atoms with Gasteiger partial charge in [-0.05, 0) is 11.4 Å². The molecule has 0 saturated carbocycles. The highest BCUT2D eigenvalue weighted by Crippen LogP contribution is 2.23. The average molecular weight is 252 g/mol. The molecule has 0 aliphatic rings. The molecule has 0 aromatic carbocycles. The lowest BCUT2D eigenvalue weighted by atomic mass is 10.3. The van der Waals surface area contributed by atoms with Gasteiger partial charge in [0, 0.05) is 6.07 Å². The number of ether oxygens (including phenoxy) is 1. The number of methoxy groups -OCH3 is 1. The standard InChI is InChI=1S/C10H8N2O4S/c1-15-10(14)8-6(3-5-17-8)12-9(13)7-2-4-11-16-7/h2-5H,1H3,(H,12,13). The van der Waals surface area contributed by atoms with Crippen molar-refractivity contribution in [2.75, 3.05) is 12.4 Å². The van der Waals surface area contributed by atoms with Crippen molar-refractivity contribution in [3.8, 4) is 0 Å². The zero-order valence-corrected chi connectivity index (χ0v) is 9.61. The number of esters is 1. The van der Waals surface area contributed by atoms with Gasteiger partial charge >= 0.3 is 5.97 Å². The van der Waals surface area contributed by atoms with Crippen LogP contribution in [-0.4, -0.2) is 24.1 Å². The van der Waals surface area contributed by atoms with Crippen LogP contribution >= 0.6 is 11.3 Å². The van der Waals surface area contributed by atoms with Crippen molar-refractivity contribution in [3.63, 3.8) is 0 Å². The van der Waals surface area contributed by atoms with Crippen LogP contribution in [-0.2, 0) is 4.74 Å². The minimum absolute atomic E-state index is 0.0759. The van der Waals surface area contributed by atoms with E-state index < -0.39 is 11.9 Å². The first-order valence-electron chi connectivity index (χ1n) is 4.60. The van der Waals surface area contributed by atoms with Gasteiger partial charge in [0.25, 0.3) is 5.91 Å². The van der Waals surface area contributed by atoms with E-state index in [2.05, 4.69) is 15.2 Å². The fraction of sp³-hybridized carbons (Fsp3) is 0.100. The first-order chi connectivity index (χ1) is 8.22. The predicted octanol–water partition coefficient (Wildman–Crippen LogP) is 1.77. The summed E-state index contributed by atoms with van der Waals surface area (Å²) < 4.78 is 9.29. The summed E-state index contributed by atoms with van der Waals surface area (Å²) in [5.41, 5.74) is 0.392. The van der Waals surface area contributed by atoms with E-state index in [1.165, 1.54) is 30.7 Å². The van der Waals surface area contributed by atoms with Crippen LogP contribution in [0.15, 0.2) is 28.2 Å². The quantitative estimate of drug-likeness (QED) is 0.842. The third-order valence-corrected chi connectivity index (χ3v) is 2.84. The van der Waals surface area contributed by atoms with Crippen LogP contribution in [0, 0.1) is 0 Å². The monoisotopic (exact) mass is 252 g/mol. The smallest absolute Gasteiger partial charge is 0.350 e. The van der Waals surface area contributed by atoms with Gasteiger partial charge in [-0.25, -0.2) is 4.79 Å². The molecule has 2 heterocycles. The first-order valence-corrected chi connectivity index (χ1v) is 5.48. The van der Waals surface area contributed by atoms with E-state index in [4.69, 9.17) is 4.52 Å². The normalized spacial score (nSPS) is 9.94. The molecular weight excluding hydrogens is 244 g/mol. The lowest BCUT2D eigenvalue weighted by Crippen LogP contribution is -2.13. The third-order valence-electron chi connectivity index (χ3n) is 1.95. The fourth-order valence-corrected chi connectivity index (χ4v) is 1.94. The van der Waals surface area contributed by atoms with Gasteiger partial charge in [-0.3, -0.25) is 4.79 Å². The highest BCUT2D eigenvalue weighted by atomic mass is 32.1. The van der Waals surface area contributed by atoms with Gasteiger partial charge in [-0.15, -0.1) is 11.3 Å². The second kappa shape index (κ2) is 4.79. The van der Waals surface area contributed by atoms with Crippen LogP contribution in [0.2, 0.25) is 0 Å². The number of anilines is 1. The number of hydrogen-bond acceptors (Lipinski definition) is 6. The number of rotatable bonds is 3.